The van der Waals surface area contributed by atoms with Gasteiger partial charge in [-0.1, -0.05) is 17.7 Å². The second-order valence-corrected chi connectivity index (χ2v) is 8.11. The number of hydrogen-bond donors (Lipinski definition) is 0. The number of fused-ring (bicyclic) bond motifs is 2. The molecule has 0 aliphatic carbocycles. The van der Waals surface area contributed by atoms with Gasteiger partial charge in [-0.05, 0) is 39.3 Å². The minimum absolute atomic E-state index is 0.147. The van der Waals surface area contributed by atoms with E-state index in [9.17, 15) is 8.42 Å². The highest BCUT2D eigenvalue weighted by atomic mass is 32.2. The van der Waals surface area contributed by atoms with Crippen molar-refractivity contribution in [1.29, 1.82) is 0 Å². The summed E-state index contributed by atoms with van der Waals surface area (Å²) in [6, 6.07) is 8.19. The summed E-state index contributed by atoms with van der Waals surface area (Å²) in [6.07, 6.45) is 0.975. The zero-order chi connectivity index (χ0) is 14.5. The molecule has 0 spiro atoms. The van der Waals surface area contributed by atoms with Crippen LogP contribution in [-0.4, -0.2) is 48.8 Å². The van der Waals surface area contributed by atoms with E-state index in [-0.39, 0.29) is 6.04 Å². The molecule has 2 atom stereocenters. The van der Waals surface area contributed by atoms with Gasteiger partial charge < -0.3 is 0 Å². The van der Waals surface area contributed by atoms with E-state index in [0.29, 0.717) is 23.5 Å². The van der Waals surface area contributed by atoms with Gasteiger partial charge in [0.05, 0.1) is 4.90 Å². The Balaban J connectivity index is 1.83. The van der Waals surface area contributed by atoms with E-state index in [1.165, 1.54) is 0 Å². The van der Waals surface area contributed by atoms with E-state index in [1.807, 2.05) is 19.1 Å². The van der Waals surface area contributed by atoms with Gasteiger partial charge >= 0.3 is 0 Å². The number of hydrogen-bond acceptors (Lipinski definition) is 3. The Morgan fingerprint density at radius 3 is 2.25 bits per heavy atom. The summed E-state index contributed by atoms with van der Waals surface area (Å²) >= 11 is 0. The third-order valence-electron chi connectivity index (χ3n) is 4.52. The third kappa shape index (κ3) is 2.18. The molecule has 2 aliphatic rings. The first-order chi connectivity index (χ1) is 9.39. The molecule has 2 fully saturated rings. The third-order valence-corrected chi connectivity index (χ3v) is 6.46. The van der Waals surface area contributed by atoms with Crippen LogP contribution in [0.25, 0.3) is 0 Å². The molecule has 0 aromatic heterocycles. The Labute approximate surface area is 121 Å². The van der Waals surface area contributed by atoms with Gasteiger partial charge in [0.1, 0.15) is 0 Å². The van der Waals surface area contributed by atoms with Crippen LogP contribution >= 0.6 is 0 Å². The Kier molecular flexibility index (Phi) is 3.39. The highest BCUT2D eigenvalue weighted by Gasteiger charge is 2.48. The van der Waals surface area contributed by atoms with Gasteiger partial charge in [-0.3, -0.25) is 4.90 Å². The fourth-order valence-electron chi connectivity index (χ4n) is 3.43. The Hall–Kier alpha value is -0.910. The summed E-state index contributed by atoms with van der Waals surface area (Å²) < 4.78 is 27.1. The first kappa shape index (κ1) is 14.0. The van der Waals surface area contributed by atoms with Crippen molar-refractivity contribution >= 4 is 10.0 Å². The molecule has 2 unspecified atom stereocenters. The van der Waals surface area contributed by atoms with Crippen LogP contribution in [0.4, 0.5) is 0 Å². The molecular formula is C15H22N2O2S. The quantitative estimate of drug-likeness (QED) is 0.854. The minimum atomic E-state index is -3.33. The van der Waals surface area contributed by atoms with Crippen LogP contribution < -0.4 is 0 Å². The summed E-state index contributed by atoms with van der Waals surface area (Å²) in [5.74, 6) is 0. The van der Waals surface area contributed by atoms with Crippen LogP contribution in [0, 0.1) is 6.92 Å². The van der Waals surface area contributed by atoms with Gasteiger partial charge in [-0.2, -0.15) is 4.31 Å². The van der Waals surface area contributed by atoms with Gasteiger partial charge in [0, 0.05) is 31.2 Å². The lowest BCUT2D eigenvalue weighted by Crippen LogP contribution is -2.50. The fourth-order valence-corrected chi connectivity index (χ4v) is 5.10. The Morgan fingerprint density at radius 2 is 1.75 bits per heavy atom. The molecule has 0 radical (unpaired) electrons. The average molecular weight is 294 g/mol. The lowest BCUT2D eigenvalue weighted by atomic mass is 10.2. The maximum absolute atomic E-state index is 12.7. The highest BCUT2D eigenvalue weighted by molar-refractivity contribution is 7.89. The monoisotopic (exact) mass is 294 g/mol. The molecule has 1 aromatic carbocycles. The van der Waals surface area contributed by atoms with E-state index < -0.39 is 10.0 Å². The fraction of sp³-hybridized carbons (Fsp3) is 0.600. The number of rotatable bonds is 3. The molecule has 110 valence electrons. The summed E-state index contributed by atoms with van der Waals surface area (Å²) in [7, 11) is -3.33. The molecule has 5 heteroatoms. The molecule has 3 rings (SSSR count). The number of piperazine rings is 1. The van der Waals surface area contributed by atoms with E-state index >= 15 is 0 Å². The molecule has 0 amide bonds. The zero-order valence-electron chi connectivity index (χ0n) is 12.3. The standard InChI is InChI=1S/C15H22N2O2S/c1-11(2)16-9-14-8-13(16)10-17(14)20(18,19)15-6-4-12(3)5-7-15/h4-7,11,13-14H,8-10H2,1-3H3. The van der Waals surface area contributed by atoms with E-state index in [0.717, 1.165) is 18.5 Å². The predicted molar refractivity (Wildman–Crippen MR) is 79.1 cm³/mol. The van der Waals surface area contributed by atoms with Crippen LogP contribution in [0.3, 0.4) is 0 Å². The second kappa shape index (κ2) is 4.83. The summed E-state index contributed by atoms with van der Waals surface area (Å²) in [6.45, 7) is 7.83. The largest absolute Gasteiger partial charge is 0.295 e. The first-order valence-corrected chi connectivity index (χ1v) is 8.68. The lowest BCUT2D eigenvalue weighted by molar-refractivity contribution is 0.146. The van der Waals surface area contributed by atoms with Gasteiger partial charge in [0.25, 0.3) is 0 Å². The number of sulfonamides is 1. The van der Waals surface area contributed by atoms with Crippen molar-refractivity contribution in [3.63, 3.8) is 0 Å². The van der Waals surface area contributed by atoms with Crippen molar-refractivity contribution < 1.29 is 8.42 Å². The maximum atomic E-state index is 12.7. The van der Waals surface area contributed by atoms with Gasteiger partial charge in [0.2, 0.25) is 10.0 Å². The molecule has 1 aromatic rings. The molecule has 0 saturated carbocycles. The molecule has 0 N–H and O–H groups in total. The normalized spacial score (nSPS) is 27.6. The van der Waals surface area contributed by atoms with Crippen molar-refractivity contribution in [1.82, 2.24) is 9.21 Å². The average Bonchev–Trinajstić information content (AvgIpc) is 2.99. The highest BCUT2D eigenvalue weighted by Crippen LogP contribution is 2.35. The molecule has 2 bridgehead atoms. The van der Waals surface area contributed by atoms with Gasteiger partial charge in [-0.25, -0.2) is 8.42 Å². The van der Waals surface area contributed by atoms with Crippen molar-refractivity contribution in [3.8, 4) is 0 Å². The molecule has 2 saturated heterocycles. The van der Waals surface area contributed by atoms with Gasteiger partial charge in [0.15, 0.2) is 0 Å². The molecule has 20 heavy (non-hydrogen) atoms. The summed E-state index contributed by atoms with van der Waals surface area (Å²) in [4.78, 5) is 2.85. The minimum Gasteiger partial charge on any atom is -0.295 e. The smallest absolute Gasteiger partial charge is 0.243 e. The Bertz CT molecular complexity index is 595. The van der Waals surface area contributed by atoms with Crippen molar-refractivity contribution in [2.24, 2.45) is 0 Å². The Morgan fingerprint density at radius 1 is 1.10 bits per heavy atom. The maximum Gasteiger partial charge on any atom is 0.243 e. The molecular weight excluding hydrogens is 272 g/mol. The van der Waals surface area contributed by atoms with Crippen molar-refractivity contribution in [2.45, 2.75) is 50.2 Å². The van der Waals surface area contributed by atoms with Crippen molar-refractivity contribution in [2.75, 3.05) is 13.1 Å². The zero-order valence-corrected chi connectivity index (χ0v) is 13.1. The van der Waals surface area contributed by atoms with E-state index in [1.54, 1.807) is 16.4 Å². The summed E-state index contributed by atoms with van der Waals surface area (Å²) in [5, 5.41) is 0. The number of aryl methyl sites for hydroxylation is 1. The van der Waals surface area contributed by atoms with E-state index in [2.05, 4.69) is 18.7 Å². The predicted octanol–water partition coefficient (Wildman–Crippen LogP) is 1.85. The number of likely N-dealkylation sites (tertiary alicyclic amines) is 1. The van der Waals surface area contributed by atoms with Crippen LogP contribution in [0.5, 0.6) is 0 Å². The number of nitrogens with zero attached hydrogens (tertiary/aromatic N) is 2. The summed E-state index contributed by atoms with van der Waals surface area (Å²) in [5.41, 5.74) is 1.08. The van der Waals surface area contributed by atoms with Crippen LogP contribution in [0.2, 0.25) is 0 Å². The van der Waals surface area contributed by atoms with Crippen LogP contribution in [0.1, 0.15) is 25.8 Å². The number of benzene rings is 1. The van der Waals surface area contributed by atoms with Crippen LogP contribution in [-0.2, 0) is 10.0 Å². The topological polar surface area (TPSA) is 40.6 Å². The van der Waals surface area contributed by atoms with Crippen molar-refractivity contribution in [3.05, 3.63) is 29.8 Å². The molecule has 4 nitrogen and oxygen atoms in total. The van der Waals surface area contributed by atoms with Gasteiger partial charge in [-0.15, -0.1) is 0 Å². The first-order valence-electron chi connectivity index (χ1n) is 7.24. The van der Waals surface area contributed by atoms with E-state index in [4.69, 9.17) is 0 Å². The molecule has 2 aliphatic heterocycles. The molecule has 2 heterocycles. The second-order valence-electron chi connectivity index (χ2n) is 6.22. The SMILES string of the molecule is Cc1ccc(S(=O)(=O)N2CC3CC2CN3C(C)C)cc1. The van der Waals surface area contributed by atoms with Crippen LogP contribution in [0.15, 0.2) is 29.2 Å². The lowest BCUT2D eigenvalue weighted by Gasteiger charge is -2.35.